The van der Waals surface area contributed by atoms with Crippen LogP contribution in [0, 0.1) is 5.82 Å². The number of hydrogen-bond donors (Lipinski definition) is 1. The van der Waals surface area contributed by atoms with Crippen LogP contribution >= 0.6 is 0 Å². The van der Waals surface area contributed by atoms with E-state index in [9.17, 15) is 18.8 Å². The lowest BCUT2D eigenvalue weighted by Crippen LogP contribution is -2.55. The first-order chi connectivity index (χ1) is 13.1. The fourth-order valence-electron chi connectivity index (χ4n) is 3.44. The molecule has 1 aromatic rings. The normalized spacial score (nSPS) is 17.6. The van der Waals surface area contributed by atoms with Crippen molar-refractivity contribution < 1.29 is 18.8 Å². The third-order valence-corrected chi connectivity index (χ3v) is 5.05. The molecule has 1 aromatic carbocycles. The number of likely N-dealkylation sites (tertiary alicyclic amines) is 1. The second-order valence-electron chi connectivity index (χ2n) is 6.86. The van der Waals surface area contributed by atoms with Crippen molar-refractivity contribution in [2.75, 3.05) is 45.8 Å². The molecule has 0 atom stereocenters. The molecule has 7 nitrogen and oxygen atoms in total. The van der Waals surface area contributed by atoms with Crippen molar-refractivity contribution in [1.29, 1.82) is 0 Å². The molecule has 0 aliphatic carbocycles. The minimum Gasteiger partial charge on any atom is -0.343 e. The molecule has 0 spiro atoms. The van der Waals surface area contributed by atoms with E-state index >= 15 is 0 Å². The van der Waals surface area contributed by atoms with Gasteiger partial charge in [-0.15, -0.1) is 0 Å². The van der Waals surface area contributed by atoms with Gasteiger partial charge in [-0.25, -0.2) is 9.18 Å². The zero-order chi connectivity index (χ0) is 19.2. The van der Waals surface area contributed by atoms with Crippen LogP contribution < -0.4 is 5.32 Å². The van der Waals surface area contributed by atoms with E-state index in [4.69, 9.17) is 0 Å². The van der Waals surface area contributed by atoms with E-state index in [1.54, 1.807) is 15.9 Å². The monoisotopic (exact) mass is 376 g/mol. The summed E-state index contributed by atoms with van der Waals surface area (Å²) in [6, 6.07) is 5.70. The zero-order valence-corrected chi connectivity index (χ0v) is 15.3. The van der Waals surface area contributed by atoms with Crippen molar-refractivity contribution in [3.05, 3.63) is 35.6 Å². The van der Waals surface area contributed by atoms with Crippen molar-refractivity contribution in [3.8, 4) is 0 Å². The molecule has 0 aromatic heterocycles. The third-order valence-electron chi connectivity index (χ3n) is 5.05. The van der Waals surface area contributed by atoms with Gasteiger partial charge in [0, 0.05) is 39.3 Å². The standard InChI is InChI=1S/C19H25FN4O3/c20-16-7-3-2-6-15(16)18(26)21-14-17(25)22-10-12-24(13-11-22)19(27)23-8-4-1-5-9-23/h2-3,6-7H,1,4-5,8-14H2,(H,21,26). The van der Waals surface area contributed by atoms with E-state index in [1.807, 2.05) is 4.90 Å². The summed E-state index contributed by atoms with van der Waals surface area (Å²) < 4.78 is 13.6. The molecule has 8 heteroatoms. The van der Waals surface area contributed by atoms with Crippen molar-refractivity contribution in [2.24, 2.45) is 0 Å². The SMILES string of the molecule is O=C(NCC(=O)N1CCN(C(=O)N2CCCCC2)CC1)c1ccccc1F. The molecular formula is C19H25FN4O3. The maximum absolute atomic E-state index is 13.6. The lowest BCUT2D eigenvalue weighted by molar-refractivity contribution is -0.131. The van der Waals surface area contributed by atoms with Crippen LogP contribution in [0.25, 0.3) is 0 Å². The maximum atomic E-state index is 13.6. The Balaban J connectivity index is 1.44. The van der Waals surface area contributed by atoms with Gasteiger partial charge in [0.15, 0.2) is 0 Å². The lowest BCUT2D eigenvalue weighted by Gasteiger charge is -2.38. The molecule has 146 valence electrons. The van der Waals surface area contributed by atoms with Gasteiger partial charge >= 0.3 is 6.03 Å². The highest BCUT2D eigenvalue weighted by molar-refractivity contribution is 5.96. The molecule has 27 heavy (non-hydrogen) atoms. The van der Waals surface area contributed by atoms with Gasteiger partial charge in [0.05, 0.1) is 12.1 Å². The second kappa shape index (κ2) is 8.83. The number of piperidine rings is 1. The number of carbonyl (C=O) groups is 3. The Hall–Kier alpha value is -2.64. The Bertz CT molecular complexity index is 698. The zero-order valence-electron chi connectivity index (χ0n) is 15.3. The minimum absolute atomic E-state index is 0.0506. The predicted molar refractivity (Wildman–Crippen MR) is 97.7 cm³/mol. The summed E-state index contributed by atoms with van der Waals surface area (Å²) in [5.74, 6) is -1.46. The number of rotatable bonds is 3. The molecule has 0 bridgehead atoms. The number of amides is 4. The molecule has 3 rings (SSSR count). The van der Waals surface area contributed by atoms with Crippen molar-refractivity contribution in [2.45, 2.75) is 19.3 Å². The number of piperazine rings is 1. The van der Waals surface area contributed by atoms with Crippen LogP contribution in [0.3, 0.4) is 0 Å². The van der Waals surface area contributed by atoms with Crippen LogP contribution in [0.2, 0.25) is 0 Å². The molecule has 2 fully saturated rings. The molecule has 0 radical (unpaired) electrons. The molecule has 2 saturated heterocycles. The van der Waals surface area contributed by atoms with Gasteiger partial charge in [-0.1, -0.05) is 12.1 Å². The first kappa shape index (κ1) is 19.1. The Labute approximate surface area is 158 Å². The Morgan fingerprint density at radius 1 is 0.852 bits per heavy atom. The maximum Gasteiger partial charge on any atom is 0.320 e. The Kier molecular flexibility index (Phi) is 6.26. The van der Waals surface area contributed by atoms with E-state index in [-0.39, 0.29) is 24.0 Å². The number of nitrogens with zero attached hydrogens (tertiary/aromatic N) is 3. The molecule has 2 aliphatic rings. The van der Waals surface area contributed by atoms with E-state index in [1.165, 1.54) is 24.6 Å². The molecule has 0 saturated carbocycles. The van der Waals surface area contributed by atoms with Crippen LogP contribution in [0.5, 0.6) is 0 Å². The van der Waals surface area contributed by atoms with Crippen LogP contribution in [-0.2, 0) is 4.79 Å². The summed E-state index contributed by atoms with van der Waals surface area (Å²) in [4.78, 5) is 42.1. The van der Waals surface area contributed by atoms with Gasteiger partial charge in [0.2, 0.25) is 5.91 Å². The van der Waals surface area contributed by atoms with Gasteiger partial charge in [-0.05, 0) is 31.4 Å². The fourth-order valence-corrected chi connectivity index (χ4v) is 3.44. The van der Waals surface area contributed by atoms with Gasteiger partial charge in [-0.2, -0.15) is 0 Å². The smallest absolute Gasteiger partial charge is 0.320 e. The number of urea groups is 1. The van der Waals surface area contributed by atoms with Crippen LogP contribution in [-0.4, -0.2) is 78.4 Å². The summed E-state index contributed by atoms with van der Waals surface area (Å²) in [5.41, 5.74) is -0.0813. The molecule has 1 N–H and O–H groups in total. The number of halogens is 1. The molecule has 2 aliphatic heterocycles. The van der Waals surface area contributed by atoms with Crippen LogP contribution in [0.15, 0.2) is 24.3 Å². The number of nitrogens with one attached hydrogen (secondary N) is 1. The number of hydrogen-bond acceptors (Lipinski definition) is 3. The highest BCUT2D eigenvalue weighted by Crippen LogP contribution is 2.13. The second-order valence-corrected chi connectivity index (χ2v) is 6.86. The predicted octanol–water partition coefficient (Wildman–Crippen LogP) is 1.31. The molecule has 4 amide bonds. The fraction of sp³-hybridized carbons (Fsp3) is 0.526. The number of carbonyl (C=O) groups excluding carboxylic acids is 3. The van der Waals surface area contributed by atoms with Crippen LogP contribution in [0.4, 0.5) is 9.18 Å². The molecule has 2 heterocycles. The van der Waals surface area contributed by atoms with Crippen molar-refractivity contribution in [1.82, 2.24) is 20.0 Å². The van der Waals surface area contributed by atoms with Gasteiger partial charge in [-0.3, -0.25) is 9.59 Å². The summed E-state index contributed by atoms with van der Waals surface area (Å²) >= 11 is 0. The molecule has 0 unspecified atom stereocenters. The Morgan fingerprint density at radius 3 is 2.11 bits per heavy atom. The van der Waals surface area contributed by atoms with Crippen molar-refractivity contribution >= 4 is 17.8 Å². The quantitative estimate of drug-likeness (QED) is 0.864. The first-order valence-corrected chi connectivity index (χ1v) is 9.40. The van der Waals surface area contributed by atoms with Gasteiger partial charge in [0.25, 0.3) is 5.91 Å². The topological polar surface area (TPSA) is 73.0 Å². The summed E-state index contributed by atoms with van der Waals surface area (Å²) in [5, 5.41) is 2.46. The van der Waals surface area contributed by atoms with E-state index in [0.717, 1.165) is 25.9 Å². The highest BCUT2D eigenvalue weighted by atomic mass is 19.1. The van der Waals surface area contributed by atoms with E-state index in [0.29, 0.717) is 26.2 Å². The summed E-state index contributed by atoms with van der Waals surface area (Å²) in [6.07, 6.45) is 3.27. The Morgan fingerprint density at radius 2 is 1.44 bits per heavy atom. The third kappa shape index (κ3) is 4.75. The highest BCUT2D eigenvalue weighted by Gasteiger charge is 2.28. The van der Waals surface area contributed by atoms with E-state index < -0.39 is 11.7 Å². The van der Waals surface area contributed by atoms with Gasteiger partial charge in [0.1, 0.15) is 5.82 Å². The average molecular weight is 376 g/mol. The lowest BCUT2D eigenvalue weighted by atomic mass is 10.1. The first-order valence-electron chi connectivity index (χ1n) is 9.40. The largest absolute Gasteiger partial charge is 0.343 e. The number of benzene rings is 1. The summed E-state index contributed by atoms with van der Waals surface area (Å²) in [6.45, 7) is 3.28. The average Bonchev–Trinajstić information content (AvgIpc) is 2.72. The van der Waals surface area contributed by atoms with E-state index in [2.05, 4.69) is 5.32 Å². The summed E-state index contributed by atoms with van der Waals surface area (Å²) in [7, 11) is 0. The molecular weight excluding hydrogens is 351 g/mol. The van der Waals surface area contributed by atoms with Crippen molar-refractivity contribution in [3.63, 3.8) is 0 Å². The minimum atomic E-state index is -0.618. The van der Waals surface area contributed by atoms with Crippen LogP contribution in [0.1, 0.15) is 29.6 Å². The van der Waals surface area contributed by atoms with Gasteiger partial charge < -0.3 is 20.0 Å².